The monoisotopic (exact) mass is 460 g/mol. The minimum Gasteiger partial charge on any atom is -0.504 e. The number of aliphatic hydroxyl groups excluding tert-OH is 1. The van der Waals surface area contributed by atoms with Gasteiger partial charge in [-0.15, -0.1) is 0 Å². The molecule has 190 valence electrons. The van der Waals surface area contributed by atoms with Crippen LogP contribution in [0.5, 0.6) is 0 Å². The molecule has 0 fully saturated rings. The molecule has 1 N–H and O–H groups in total. The van der Waals surface area contributed by atoms with Gasteiger partial charge in [-0.25, -0.2) is 0 Å². The molecule has 0 aromatic carbocycles. The summed E-state index contributed by atoms with van der Waals surface area (Å²) >= 11 is 0. The van der Waals surface area contributed by atoms with Gasteiger partial charge in [-0.05, 0) is 25.8 Å². The third kappa shape index (κ3) is 14.5. The Morgan fingerprint density at radius 3 is 1.27 bits per heavy atom. The van der Waals surface area contributed by atoms with E-state index in [4.69, 9.17) is 0 Å². The first-order chi connectivity index (χ1) is 16.1. The Kier molecular flexibility index (Phi) is 18.0. The zero-order valence-electron chi connectivity index (χ0n) is 21.9. The summed E-state index contributed by atoms with van der Waals surface area (Å²) in [6.45, 7) is 3.79. The summed E-state index contributed by atoms with van der Waals surface area (Å²) in [5.41, 5.74) is 0.642. The van der Waals surface area contributed by atoms with Gasteiger partial charge < -0.3 is 5.11 Å². The maximum Gasteiger partial charge on any atom is 0.223 e. The Morgan fingerprint density at radius 1 is 0.576 bits per heavy atom. The lowest BCUT2D eigenvalue weighted by atomic mass is 9.92. The van der Waals surface area contributed by atoms with E-state index in [-0.39, 0.29) is 22.9 Å². The Labute approximate surface area is 204 Å². The molecule has 0 aliphatic heterocycles. The molecular weight excluding hydrogens is 408 g/mol. The fraction of sp³-hybridized carbons (Fsp3) is 0.800. The van der Waals surface area contributed by atoms with Gasteiger partial charge in [-0.1, -0.05) is 135 Å². The Morgan fingerprint density at radius 2 is 0.909 bits per heavy atom. The number of Topliss-reactive ketones (excluding diaryl/α,β-unsaturated/α-hetero) is 1. The van der Waals surface area contributed by atoms with Crippen molar-refractivity contribution in [3.63, 3.8) is 0 Å². The molecule has 1 rings (SSSR count). The van der Waals surface area contributed by atoms with E-state index in [0.717, 1.165) is 12.8 Å². The van der Waals surface area contributed by atoms with Crippen LogP contribution in [-0.2, 0) is 9.59 Å². The minimum atomic E-state index is -0.361. The van der Waals surface area contributed by atoms with Crippen molar-refractivity contribution in [2.45, 2.75) is 155 Å². The van der Waals surface area contributed by atoms with Gasteiger partial charge in [-0.2, -0.15) is 0 Å². The van der Waals surface area contributed by atoms with Crippen LogP contribution in [-0.4, -0.2) is 16.7 Å². The predicted octanol–water partition coefficient (Wildman–Crippen LogP) is 9.50. The lowest BCUT2D eigenvalue weighted by Crippen LogP contribution is -2.17. The summed E-state index contributed by atoms with van der Waals surface area (Å²) < 4.78 is 0. The van der Waals surface area contributed by atoms with Crippen LogP contribution in [0, 0.1) is 0 Å². The predicted molar refractivity (Wildman–Crippen MR) is 141 cm³/mol. The topological polar surface area (TPSA) is 54.4 Å². The summed E-state index contributed by atoms with van der Waals surface area (Å²) in [6.07, 6.45) is 30.4. The molecule has 3 heteroatoms. The molecular formula is C30H52O3. The normalized spacial score (nSPS) is 14.3. The summed E-state index contributed by atoms with van der Waals surface area (Å²) in [7, 11) is 0. The first kappa shape index (κ1) is 29.7. The van der Waals surface area contributed by atoms with Crippen molar-refractivity contribution in [3.8, 4) is 0 Å². The highest BCUT2D eigenvalue weighted by atomic mass is 16.3. The molecule has 1 aliphatic rings. The average molecular weight is 461 g/mol. The standard InChI is InChI=1S/C30H52O3/c1-3-4-5-6-7-8-9-10-11-12-13-14-15-16-17-18-19-20-21-22-23-24-27-25-28(31)26(2)29(32)30(27)33/h25,32H,3-24H2,1-2H3. The average Bonchev–Trinajstić information content (AvgIpc) is 2.81. The fourth-order valence-corrected chi connectivity index (χ4v) is 4.70. The second-order valence-corrected chi connectivity index (χ2v) is 10.2. The zero-order valence-corrected chi connectivity index (χ0v) is 21.9. The van der Waals surface area contributed by atoms with E-state index in [9.17, 15) is 14.7 Å². The van der Waals surface area contributed by atoms with E-state index < -0.39 is 0 Å². The number of hydrogen-bond donors (Lipinski definition) is 1. The molecule has 0 saturated heterocycles. The van der Waals surface area contributed by atoms with E-state index in [0.29, 0.717) is 12.0 Å². The van der Waals surface area contributed by atoms with Gasteiger partial charge >= 0.3 is 0 Å². The molecule has 0 spiro atoms. The molecule has 1 aliphatic carbocycles. The number of hydrogen-bond acceptors (Lipinski definition) is 3. The van der Waals surface area contributed by atoms with Crippen molar-refractivity contribution in [2.75, 3.05) is 0 Å². The largest absolute Gasteiger partial charge is 0.504 e. The van der Waals surface area contributed by atoms with E-state index in [2.05, 4.69) is 6.92 Å². The first-order valence-corrected chi connectivity index (χ1v) is 14.3. The van der Waals surface area contributed by atoms with Crippen molar-refractivity contribution >= 4 is 11.6 Å². The number of aliphatic hydroxyl groups is 1. The third-order valence-corrected chi connectivity index (χ3v) is 7.09. The van der Waals surface area contributed by atoms with Gasteiger partial charge in [0.1, 0.15) is 0 Å². The van der Waals surface area contributed by atoms with Gasteiger partial charge in [0.2, 0.25) is 5.78 Å². The van der Waals surface area contributed by atoms with Gasteiger partial charge in [0.05, 0.1) is 0 Å². The highest BCUT2D eigenvalue weighted by Crippen LogP contribution is 2.22. The SMILES string of the molecule is CCCCCCCCCCCCCCCCCCCCCCCC1=CC(=O)C(C)=C(O)C1=O. The summed E-state index contributed by atoms with van der Waals surface area (Å²) in [5.74, 6) is -0.952. The van der Waals surface area contributed by atoms with Crippen LogP contribution in [0.25, 0.3) is 0 Å². The smallest absolute Gasteiger partial charge is 0.223 e. The van der Waals surface area contributed by atoms with E-state index >= 15 is 0 Å². The molecule has 0 amide bonds. The van der Waals surface area contributed by atoms with E-state index in [1.165, 1.54) is 135 Å². The Bertz CT molecular complexity index is 600. The van der Waals surface area contributed by atoms with Crippen molar-refractivity contribution in [1.29, 1.82) is 0 Å². The van der Waals surface area contributed by atoms with E-state index in [1.807, 2.05) is 0 Å². The van der Waals surface area contributed by atoms with Gasteiger partial charge in [0, 0.05) is 11.1 Å². The second-order valence-electron chi connectivity index (χ2n) is 10.2. The van der Waals surface area contributed by atoms with Crippen LogP contribution in [0.1, 0.15) is 155 Å². The molecule has 0 aromatic heterocycles. The van der Waals surface area contributed by atoms with Crippen LogP contribution < -0.4 is 0 Å². The number of ketones is 2. The lowest BCUT2D eigenvalue weighted by molar-refractivity contribution is -0.118. The fourth-order valence-electron chi connectivity index (χ4n) is 4.70. The molecule has 0 atom stereocenters. The van der Waals surface area contributed by atoms with Crippen molar-refractivity contribution in [1.82, 2.24) is 0 Å². The van der Waals surface area contributed by atoms with Crippen LogP contribution in [0.3, 0.4) is 0 Å². The summed E-state index contributed by atoms with van der Waals surface area (Å²) in [4.78, 5) is 23.7. The summed E-state index contributed by atoms with van der Waals surface area (Å²) in [6, 6.07) is 0. The number of carbonyl (C=O) groups is 2. The number of allylic oxidation sites excluding steroid dienone is 3. The van der Waals surface area contributed by atoms with Crippen LogP contribution in [0.2, 0.25) is 0 Å². The summed E-state index contributed by atoms with van der Waals surface area (Å²) in [5, 5.41) is 9.73. The van der Waals surface area contributed by atoms with Crippen molar-refractivity contribution < 1.29 is 14.7 Å². The quantitative estimate of drug-likeness (QED) is 0.129. The minimum absolute atomic E-state index is 0.169. The highest BCUT2D eigenvalue weighted by Gasteiger charge is 2.24. The molecule has 0 radical (unpaired) electrons. The van der Waals surface area contributed by atoms with Gasteiger partial charge in [0.15, 0.2) is 11.5 Å². The number of unbranched alkanes of at least 4 members (excludes halogenated alkanes) is 20. The second kappa shape index (κ2) is 20.0. The molecule has 3 nitrogen and oxygen atoms in total. The molecule has 0 saturated carbocycles. The molecule has 0 bridgehead atoms. The number of rotatable bonds is 22. The van der Waals surface area contributed by atoms with Crippen LogP contribution in [0.4, 0.5) is 0 Å². The van der Waals surface area contributed by atoms with Crippen molar-refractivity contribution in [3.05, 3.63) is 23.0 Å². The maximum absolute atomic E-state index is 12.0. The maximum atomic E-state index is 12.0. The Balaban J connectivity index is 1.79. The van der Waals surface area contributed by atoms with Gasteiger partial charge in [0.25, 0.3) is 0 Å². The van der Waals surface area contributed by atoms with Gasteiger partial charge in [-0.3, -0.25) is 9.59 Å². The van der Waals surface area contributed by atoms with Crippen LogP contribution >= 0.6 is 0 Å². The van der Waals surface area contributed by atoms with Crippen LogP contribution in [0.15, 0.2) is 23.0 Å². The highest BCUT2D eigenvalue weighted by molar-refractivity contribution is 6.21. The van der Waals surface area contributed by atoms with Crippen molar-refractivity contribution in [2.24, 2.45) is 0 Å². The first-order valence-electron chi connectivity index (χ1n) is 14.3. The lowest BCUT2D eigenvalue weighted by Gasteiger charge is -2.12. The Hall–Kier alpha value is -1.38. The third-order valence-electron chi connectivity index (χ3n) is 7.09. The zero-order chi connectivity index (χ0) is 24.2. The molecule has 0 heterocycles. The number of carbonyl (C=O) groups excluding carboxylic acids is 2. The molecule has 33 heavy (non-hydrogen) atoms. The molecule has 0 unspecified atom stereocenters. The van der Waals surface area contributed by atoms with E-state index in [1.54, 1.807) is 0 Å². The molecule has 0 aromatic rings.